The van der Waals surface area contributed by atoms with Crippen molar-refractivity contribution in [3.8, 4) is 5.75 Å². The van der Waals surface area contributed by atoms with Gasteiger partial charge in [-0.15, -0.1) is 11.3 Å². The highest BCUT2D eigenvalue weighted by atomic mass is 32.1. The molecule has 0 aliphatic carbocycles. The van der Waals surface area contributed by atoms with Crippen molar-refractivity contribution < 1.29 is 14.3 Å². The number of amides is 2. The maximum atomic E-state index is 13.9. The molecule has 0 spiro atoms. The lowest BCUT2D eigenvalue weighted by atomic mass is 9.93. The molecule has 0 saturated heterocycles. The normalized spacial score (nSPS) is 15.6. The van der Waals surface area contributed by atoms with E-state index in [2.05, 4.69) is 37.4 Å². The fourth-order valence-electron chi connectivity index (χ4n) is 5.17. The number of thiophene rings is 1. The van der Waals surface area contributed by atoms with Gasteiger partial charge in [-0.3, -0.25) is 9.59 Å². The first-order chi connectivity index (χ1) is 18.5. The van der Waals surface area contributed by atoms with E-state index in [1.807, 2.05) is 48.2 Å². The fourth-order valence-corrected chi connectivity index (χ4v) is 6.08. The number of nitrogens with zero attached hydrogens (tertiary/aromatic N) is 2. The van der Waals surface area contributed by atoms with E-state index in [1.165, 1.54) is 28.8 Å². The average molecular weight is 533 g/mol. The summed E-state index contributed by atoms with van der Waals surface area (Å²) in [6, 6.07) is 17.8. The van der Waals surface area contributed by atoms with Crippen LogP contribution in [0.1, 0.15) is 84.4 Å². The van der Waals surface area contributed by atoms with Crippen molar-refractivity contribution >= 4 is 23.2 Å². The molecule has 3 aromatic rings. The number of aryl methyl sites for hydroxylation is 1. The van der Waals surface area contributed by atoms with Gasteiger partial charge in [-0.05, 0) is 85.0 Å². The molecule has 4 rings (SSSR count). The zero-order chi connectivity index (χ0) is 27.1. The number of carbonyl (C=O) groups is 2. The van der Waals surface area contributed by atoms with Crippen molar-refractivity contribution in [2.75, 3.05) is 20.2 Å². The van der Waals surface area contributed by atoms with Gasteiger partial charge in [0.2, 0.25) is 5.91 Å². The van der Waals surface area contributed by atoms with Crippen molar-refractivity contribution in [2.24, 2.45) is 0 Å². The zero-order valence-electron chi connectivity index (χ0n) is 23.1. The second-order valence-electron chi connectivity index (χ2n) is 10.2. The zero-order valence-corrected chi connectivity index (χ0v) is 23.9. The quantitative estimate of drug-likeness (QED) is 0.252. The Bertz CT molecular complexity index is 1200. The first-order valence-electron chi connectivity index (χ1n) is 13.9. The highest BCUT2D eigenvalue weighted by molar-refractivity contribution is 7.10. The van der Waals surface area contributed by atoms with Gasteiger partial charge in [-0.2, -0.15) is 0 Å². The maximum Gasteiger partial charge on any atom is 0.254 e. The van der Waals surface area contributed by atoms with Gasteiger partial charge < -0.3 is 14.5 Å². The Labute approximate surface area is 231 Å². The van der Waals surface area contributed by atoms with Crippen LogP contribution >= 0.6 is 11.3 Å². The van der Waals surface area contributed by atoms with Gasteiger partial charge in [0.25, 0.3) is 5.91 Å². The maximum absolute atomic E-state index is 13.9. The van der Waals surface area contributed by atoms with Crippen LogP contribution in [0, 0.1) is 0 Å². The molecule has 0 radical (unpaired) electrons. The Kier molecular flexibility index (Phi) is 9.62. The Balaban J connectivity index is 1.55. The third-order valence-electron chi connectivity index (χ3n) is 7.68. The van der Waals surface area contributed by atoms with E-state index in [4.69, 9.17) is 4.74 Å². The number of unbranched alkanes of at least 4 members (excludes halogenated alkanes) is 2. The van der Waals surface area contributed by atoms with Crippen LogP contribution in [-0.4, -0.2) is 47.9 Å². The number of methoxy groups -OCH3 is 1. The van der Waals surface area contributed by atoms with Crippen LogP contribution in [0.15, 0.2) is 60.0 Å². The second kappa shape index (κ2) is 13.1. The molecular weight excluding hydrogens is 492 g/mol. The van der Waals surface area contributed by atoms with E-state index in [0.717, 1.165) is 37.0 Å². The minimum absolute atomic E-state index is 0.0208. The van der Waals surface area contributed by atoms with Crippen LogP contribution < -0.4 is 4.74 Å². The average Bonchev–Trinajstić information content (AvgIpc) is 3.44. The Morgan fingerprint density at radius 1 is 1.05 bits per heavy atom. The summed E-state index contributed by atoms with van der Waals surface area (Å²) in [6.45, 7) is 6.99. The lowest BCUT2D eigenvalue weighted by molar-refractivity contribution is -0.134. The number of carbonyl (C=O) groups excluding carboxylic acids is 2. The van der Waals surface area contributed by atoms with E-state index in [0.29, 0.717) is 12.1 Å². The summed E-state index contributed by atoms with van der Waals surface area (Å²) in [4.78, 5) is 32.6. The van der Waals surface area contributed by atoms with Gasteiger partial charge in [-0.25, -0.2) is 0 Å². The van der Waals surface area contributed by atoms with E-state index in [9.17, 15) is 9.59 Å². The molecule has 2 heterocycles. The minimum Gasteiger partial charge on any atom is -0.497 e. The van der Waals surface area contributed by atoms with Gasteiger partial charge in [0.15, 0.2) is 0 Å². The van der Waals surface area contributed by atoms with Gasteiger partial charge in [0.1, 0.15) is 12.3 Å². The molecule has 2 aromatic carbocycles. The van der Waals surface area contributed by atoms with Crippen molar-refractivity contribution in [3.05, 3.63) is 87.1 Å². The summed E-state index contributed by atoms with van der Waals surface area (Å²) in [5.74, 6) is 0.687. The SMILES string of the molecule is CCCCCc1ccc(C(=O)N(CC(=O)N2CCc3sccc3C2c2ccc(OC)cc2)C(C)CC)cc1. The Morgan fingerprint density at radius 3 is 2.45 bits per heavy atom. The highest BCUT2D eigenvalue weighted by Crippen LogP contribution is 2.38. The summed E-state index contributed by atoms with van der Waals surface area (Å²) in [6.07, 6.45) is 6.22. The van der Waals surface area contributed by atoms with Crippen molar-refractivity contribution in [2.45, 2.75) is 71.4 Å². The van der Waals surface area contributed by atoms with Crippen LogP contribution in [-0.2, 0) is 17.6 Å². The molecule has 5 nitrogen and oxygen atoms in total. The van der Waals surface area contributed by atoms with E-state index >= 15 is 0 Å². The molecule has 1 aromatic heterocycles. The van der Waals surface area contributed by atoms with Gasteiger partial charge in [0.05, 0.1) is 13.2 Å². The van der Waals surface area contributed by atoms with E-state index < -0.39 is 0 Å². The lowest BCUT2D eigenvalue weighted by Gasteiger charge is -2.38. The summed E-state index contributed by atoms with van der Waals surface area (Å²) >= 11 is 1.75. The molecule has 2 unspecified atom stereocenters. The van der Waals surface area contributed by atoms with Gasteiger partial charge >= 0.3 is 0 Å². The number of benzene rings is 2. The number of ether oxygens (including phenoxy) is 1. The van der Waals surface area contributed by atoms with Crippen LogP contribution in [0.25, 0.3) is 0 Å². The fraction of sp³-hybridized carbons (Fsp3) is 0.438. The third-order valence-corrected chi connectivity index (χ3v) is 8.67. The van der Waals surface area contributed by atoms with Crippen LogP contribution in [0.3, 0.4) is 0 Å². The molecule has 202 valence electrons. The second-order valence-corrected chi connectivity index (χ2v) is 11.2. The molecule has 1 aliphatic heterocycles. The van der Waals surface area contributed by atoms with Crippen LogP contribution in [0.5, 0.6) is 5.75 Å². The first-order valence-corrected chi connectivity index (χ1v) is 14.7. The standard InChI is InChI=1S/C32H40N2O3S/c1-5-7-8-9-24-10-12-26(13-11-24)32(36)34(23(3)6-2)22-30(35)33-20-18-29-28(19-21-38-29)31(33)25-14-16-27(37-4)17-15-25/h10-17,19,21,23,31H,5-9,18,20,22H2,1-4H3. The summed E-state index contributed by atoms with van der Waals surface area (Å²) in [5, 5.41) is 2.11. The predicted molar refractivity (Wildman–Crippen MR) is 155 cm³/mol. The number of hydrogen-bond acceptors (Lipinski definition) is 4. The van der Waals surface area contributed by atoms with Crippen molar-refractivity contribution in [1.82, 2.24) is 9.80 Å². The molecule has 38 heavy (non-hydrogen) atoms. The molecule has 0 fully saturated rings. The summed E-state index contributed by atoms with van der Waals surface area (Å²) in [7, 11) is 1.66. The molecule has 0 bridgehead atoms. The Morgan fingerprint density at radius 2 is 1.79 bits per heavy atom. The minimum atomic E-state index is -0.167. The molecular formula is C32H40N2O3S. The van der Waals surface area contributed by atoms with Crippen LogP contribution in [0.4, 0.5) is 0 Å². The summed E-state index contributed by atoms with van der Waals surface area (Å²) in [5.41, 5.74) is 4.13. The predicted octanol–water partition coefficient (Wildman–Crippen LogP) is 6.90. The number of fused-ring (bicyclic) bond motifs is 1. The van der Waals surface area contributed by atoms with Gasteiger partial charge in [-0.1, -0.05) is 51.0 Å². The third kappa shape index (κ3) is 6.29. The van der Waals surface area contributed by atoms with E-state index in [-0.39, 0.29) is 30.4 Å². The highest BCUT2D eigenvalue weighted by Gasteiger charge is 2.34. The molecule has 2 amide bonds. The molecule has 2 atom stereocenters. The smallest absolute Gasteiger partial charge is 0.254 e. The molecule has 0 saturated carbocycles. The number of hydrogen-bond donors (Lipinski definition) is 0. The molecule has 0 N–H and O–H groups in total. The summed E-state index contributed by atoms with van der Waals surface area (Å²) < 4.78 is 5.35. The Hall–Kier alpha value is -3.12. The first kappa shape index (κ1) is 27.9. The van der Waals surface area contributed by atoms with E-state index in [1.54, 1.807) is 23.3 Å². The van der Waals surface area contributed by atoms with Crippen LogP contribution in [0.2, 0.25) is 0 Å². The number of rotatable bonds is 11. The van der Waals surface area contributed by atoms with Crippen molar-refractivity contribution in [3.63, 3.8) is 0 Å². The van der Waals surface area contributed by atoms with Gasteiger partial charge in [0, 0.05) is 23.0 Å². The van der Waals surface area contributed by atoms with Crippen molar-refractivity contribution in [1.29, 1.82) is 0 Å². The monoisotopic (exact) mass is 532 g/mol. The topological polar surface area (TPSA) is 49.9 Å². The molecule has 1 aliphatic rings. The lowest BCUT2D eigenvalue weighted by Crippen LogP contribution is -2.49. The largest absolute Gasteiger partial charge is 0.497 e. The molecule has 6 heteroatoms.